The van der Waals surface area contributed by atoms with Crippen LogP contribution in [0.15, 0.2) is 46.0 Å². The van der Waals surface area contributed by atoms with E-state index in [0.29, 0.717) is 22.2 Å². The van der Waals surface area contributed by atoms with Gasteiger partial charge in [0.05, 0.1) is 16.8 Å². The van der Waals surface area contributed by atoms with Crippen molar-refractivity contribution in [2.24, 2.45) is 0 Å². The van der Waals surface area contributed by atoms with Gasteiger partial charge >= 0.3 is 0 Å². The largest absolute Gasteiger partial charge is 0.321 e. The minimum atomic E-state index is -0.358. The third-order valence-corrected chi connectivity index (χ3v) is 3.04. The average molecular weight is 253 g/mol. The predicted octanol–water partition coefficient (Wildman–Crippen LogP) is 1.59. The number of nitrogens with one attached hydrogen (secondary N) is 2. The molecule has 0 unspecified atom stereocenters. The number of rotatable bonds is 1. The van der Waals surface area contributed by atoms with Crippen molar-refractivity contribution in [3.63, 3.8) is 0 Å². The van der Waals surface area contributed by atoms with Crippen LogP contribution in [0, 0.1) is 6.92 Å². The van der Waals surface area contributed by atoms with Crippen molar-refractivity contribution in [1.82, 2.24) is 15.2 Å². The number of aromatic nitrogens is 3. The highest BCUT2D eigenvalue weighted by Crippen LogP contribution is 2.24. The van der Waals surface area contributed by atoms with Gasteiger partial charge in [-0.15, -0.1) is 0 Å². The minimum Gasteiger partial charge on any atom is -0.321 e. The third-order valence-electron chi connectivity index (χ3n) is 3.04. The van der Waals surface area contributed by atoms with E-state index in [1.54, 1.807) is 6.92 Å². The van der Waals surface area contributed by atoms with Crippen LogP contribution in [0.3, 0.4) is 0 Å². The van der Waals surface area contributed by atoms with Gasteiger partial charge in [0, 0.05) is 11.5 Å². The lowest BCUT2D eigenvalue weighted by atomic mass is 10.0. The first kappa shape index (κ1) is 11.4. The highest BCUT2D eigenvalue weighted by atomic mass is 16.1. The molecule has 0 amide bonds. The van der Waals surface area contributed by atoms with Crippen LogP contribution in [0.25, 0.3) is 22.0 Å². The molecule has 0 radical (unpaired) electrons. The fourth-order valence-corrected chi connectivity index (χ4v) is 2.19. The van der Waals surface area contributed by atoms with E-state index in [2.05, 4.69) is 15.2 Å². The van der Waals surface area contributed by atoms with Gasteiger partial charge in [0.2, 0.25) is 5.56 Å². The normalized spacial score (nSPS) is 10.8. The van der Waals surface area contributed by atoms with Gasteiger partial charge in [-0.2, -0.15) is 5.10 Å². The van der Waals surface area contributed by atoms with Crippen LogP contribution in [0.1, 0.15) is 5.69 Å². The van der Waals surface area contributed by atoms with E-state index < -0.39 is 0 Å². The molecule has 5 nitrogen and oxygen atoms in total. The smallest absolute Gasteiger partial charge is 0.272 e. The second-order valence-electron chi connectivity index (χ2n) is 4.30. The summed E-state index contributed by atoms with van der Waals surface area (Å²) in [6, 6.07) is 10.7. The molecule has 0 fully saturated rings. The summed E-state index contributed by atoms with van der Waals surface area (Å²) in [5, 5.41) is 7.39. The van der Waals surface area contributed by atoms with Gasteiger partial charge in [0.25, 0.3) is 5.56 Å². The summed E-state index contributed by atoms with van der Waals surface area (Å²) in [4.78, 5) is 26.3. The van der Waals surface area contributed by atoms with Gasteiger partial charge in [-0.05, 0) is 12.5 Å². The lowest BCUT2D eigenvalue weighted by Crippen LogP contribution is -2.15. The highest BCUT2D eigenvalue weighted by Gasteiger charge is 2.11. The molecule has 3 aromatic rings. The number of aryl methyl sites for hydroxylation is 1. The van der Waals surface area contributed by atoms with Gasteiger partial charge in [-0.1, -0.05) is 30.3 Å². The zero-order chi connectivity index (χ0) is 13.4. The van der Waals surface area contributed by atoms with Crippen molar-refractivity contribution in [2.45, 2.75) is 6.92 Å². The SMILES string of the molecule is Cc1n[nH]c(=O)c2cc(=O)[nH]c(-c3ccccc3)c12. The summed E-state index contributed by atoms with van der Waals surface area (Å²) in [7, 11) is 0. The molecule has 2 N–H and O–H groups in total. The second-order valence-corrected chi connectivity index (χ2v) is 4.30. The lowest BCUT2D eigenvalue weighted by molar-refractivity contribution is 0.967. The van der Waals surface area contributed by atoms with E-state index in [9.17, 15) is 9.59 Å². The van der Waals surface area contributed by atoms with E-state index in [0.717, 1.165) is 5.56 Å². The number of H-pyrrole nitrogens is 2. The maximum atomic E-state index is 11.8. The molecule has 0 saturated carbocycles. The Morgan fingerprint density at radius 1 is 1.11 bits per heavy atom. The van der Waals surface area contributed by atoms with Crippen molar-refractivity contribution >= 4 is 10.8 Å². The number of pyridine rings is 1. The summed E-state index contributed by atoms with van der Waals surface area (Å²) >= 11 is 0. The average Bonchev–Trinajstić information content (AvgIpc) is 2.43. The molecule has 0 aliphatic rings. The van der Waals surface area contributed by atoms with E-state index >= 15 is 0 Å². The number of fused-ring (bicyclic) bond motifs is 1. The number of aromatic amines is 2. The molecule has 2 aromatic heterocycles. The number of benzene rings is 1. The van der Waals surface area contributed by atoms with Crippen LogP contribution in [-0.4, -0.2) is 15.2 Å². The minimum absolute atomic E-state index is 0.303. The molecule has 0 aliphatic carbocycles. The quantitative estimate of drug-likeness (QED) is 0.691. The predicted molar refractivity (Wildman–Crippen MR) is 73.2 cm³/mol. The molecule has 0 aliphatic heterocycles. The summed E-state index contributed by atoms with van der Waals surface area (Å²) in [6.07, 6.45) is 0. The Bertz CT molecular complexity index is 863. The molecular formula is C14H11N3O2. The molecule has 5 heteroatoms. The Balaban J connectivity index is 2.53. The molecule has 2 heterocycles. The van der Waals surface area contributed by atoms with E-state index in [1.807, 2.05) is 30.3 Å². The Morgan fingerprint density at radius 2 is 1.84 bits per heavy atom. The summed E-state index contributed by atoms with van der Waals surface area (Å²) in [5.74, 6) is 0. The van der Waals surface area contributed by atoms with Crippen molar-refractivity contribution in [3.05, 3.63) is 62.8 Å². The van der Waals surface area contributed by atoms with Gasteiger partial charge in [-0.25, -0.2) is 5.10 Å². The molecule has 1 aromatic carbocycles. The van der Waals surface area contributed by atoms with Crippen molar-refractivity contribution in [2.75, 3.05) is 0 Å². The molecule has 0 spiro atoms. The van der Waals surface area contributed by atoms with Crippen LogP contribution in [0.2, 0.25) is 0 Å². The number of nitrogens with zero attached hydrogens (tertiary/aromatic N) is 1. The van der Waals surface area contributed by atoms with Crippen LogP contribution in [0.5, 0.6) is 0 Å². The molecule has 0 bridgehead atoms. The topological polar surface area (TPSA) is 78.6 Å². The van der Waals surface area contributed by atoms with Gasteiger partial charge < -0.3 is 4.98 Å². The first-order valence-electron chi connectivity index (χ1n) is 5.84. The molecule has 19 heavy (non-hydrogen) atoms. The fraction of sp³-hybridized carbons (Fsp3) is 0.0714. The van der Waals surface area contributed by atoms with Gasteiger partial charge in [0.1, 0.15) is 0 Å². The van der Waals surface area contributed by atoms with E-state index in [1.165, 1.54) is 6.07 Å². The number of hydrogen-bond acceptors (Lipinski definition) is 3. The van der Waals surface area contributed by atoms with Crippen LogP contribution in [0.4, 0.5) is 0 Å². The standard InChI is InChI=1S/C14H11N3O2/c1-8-12-10(14(19)17-16-8)7-11(18)15-13(12)9-5-3-2-4-6-9/h2-7H,1H3,(H,15,18)(H,17,19). The maximum absolute atomic E-state index is 11.8. The second kappa shape index (κ2) is 4.20. The fourth-order valence-electron chi connectivity index (χ4n) is 2.19. The zero-order valence-corrected chi connectivity index (χ0v) is 10.2. The Hall–Kier alpha value is -2.69. The Kier molecular flexibility index (Phi) is 2.52. The number of hydrogen-bond donors (Lipinski definition) is 2. The highest BCUT2D eigenvalue weighted by molar-refractivity contribution is 5.95. The first-order chi connectivity index (χ1) is 9.16. The van der Waals surface area contributed by atoms with Crippen molar-refractivity contribution in [1.29, 1.82) is 0 Å². The first-order valence-corrected chi connectivity index (χ1v) is 5.84. The van der Waals surface area contributed by atoms with Crippen LogP contribution in [-0.2, 0) is 0 Å². The Morgan fingerprint density at radius 3 is 2.58 bits per heavy atom. The molecular weight excluding hydrogens is 242 g/mol. The Labute approximate surface area is 107 Å². The van der Waals surface area contributed by atoms with Gasteiger partial charge in [0.15, 0.2) is 0 Å². The molecule has 3 rings (SSSR count). The summed E-state index contributed by atoms with van der Waals surface area (Å²) < 4.78 is 0. The van der Waals surface area contributed by atoms with Crippen LogP contribution >= 0.6 is 0 Å². The monoisotopic (exact) mass is 253 g/mol. The zero-order valence-electron chi connectivity index (χ0n) is 10.2. The third kappa shape index (κ3) is 1.85. The molecule has 0 saturated heterocycles. The molecule has 94 valence electrons. The van der Waals surface area contributed by atoms with E-state index in [4.69, 9.17) is 0 Å². The maximum Gasteiger partial charge on any atom is 0.272 e. The van der Waals surface area contributed by atoms with Crippen molar-refractivity contribution < 1.29 is 0 Å². The van der Waals surface area contributed by atoms with E-state index in [-0.39, 0.29) is 11.1 Å². The van der Waals surface area contributed by atoms with Gasteiger partial charge in [-0.3, -0.25) is 9.59 Å². The lowest BCUT2D eigenvalue weighted by Gasteiger charge is -2.07. The summed E-state index contributed by atoms with van der Waals surface area (Å²) in [5.41, 5.74) is 1.48. The van der Waals surface area contributed by atoms with Crippen molar-refractivity contribution in [3.8, 4) is 11.3 Å². The van der Waals surface area contributed by atoms with Crippen LogP contribution < -0.4 is 11.1 Å². The summed E-state index contributed by atoms with van der Waals surface area (Å²) in [6.45, 7) is 1.79. The molecule has 0 atom stereocenters.